The molecular weight excluding hydrogens is 328 g/mol. The lowest BCUT2D eigenvalue weighted by molar-refractivity contribution is -0.144. The highest BCUT2D eigenvalue weighted by molar-refractivity contribution is 6.10. The first-order valence-electron chi connectivity index (χ1n) is 8.80. The Morgan fingerprint density at radius 2 is 1.77 bits per heavy atom. The average molecular weight is 352 g/mol. The molecule has 0 amide bonds. The lowest BCUT2D eigenvalue weighted by Gasteiger charge is -2.18. The first kappa shape index (κ1) is 19.4. The minimum absolute atomic E-state index is 0.102. The lowest BCUT2D eigenvalue weighted by Crippen LogP contribution is -2.25. The van der Waals surface area contributed by atoms with Gasteiger partial charge in [-0.2, -0.15) is 0 Å². The van der Waals surface area contributed by atoms with Crippen molar-refractivity contribution in [1.82, 2.24) is 0 Å². The standard InChI is InChI=1S/C22H24O4/c1-3-5-13-18(26-21(23)4-2)16-25-20-15-10-9-14-19(20)22(24)17-11-7-6-8-12-17/h4,6-12,14-15,18H,2-3,5,13,16H2,1H3. The molecule has 0 heterocycles. The summed E-state index contributed by atoms with van der Waals surface area (Å²) in [4.78, 5) is 24.2. The topological polar surface area (TPSA) is 52.6 Å². The molecule has 2 aromatic carbocycles. The molecular formula is C22H24O4. The Morgan fingerprint density at radius 1 is 1.08 bits per heavy atom. The van der Waals surface area contributed by atoms with E-state index in [-0.39, 0.29) is 18.5 Å². The van der Waals surface area contributed by atoms with E-state index in [1.165, 1.54) is 0 Å². The van der Waals surface area contributed by atoms with Crippen LogP contribution in [-0.4, -0.2) is 24.5 Å². The van der Waals surface area contributed by atoms with Crippen LogP contribution in [0.15, 0.2) is 67.3 Å². The van der Waals surface area contributed by atoms with Gasteiger partial charge >= 0.3 is 5.97 Å². The van der Waals surface area contributed by atoms with Crippen molar-refractivity contribution in [2.45, 2.75) is 32.3 Å². The highest BCUT2D eigenvalue weighted by Gasteiger charge is 2.17. The monoisotopic (exact) mass is 352 g/mol. The van der Waals surface area contributed by atoms with Gasteiger partial charge in [-0.25, -0.2) is 4.79 Å². The summed E-state index contributed by atoms with van der Waals surface area (Å²) in [6, 6.07) is 16.2. The van der Waals surface area contributed by atoms with Gasteiger partial charge in [0.05, 0.1) is 5.56 Å². The number of carbonyl (C=O) groups excluding carboxylic acids is 2. The largest absolute Gasteiger partial charge is 0.489 e. The predicted octanol–water partition coefficient (Wildman–Crippen LogP) is 4.58. The third-order valence-electron chi connectivity index (χ3n) is 3.92. The van der Waals surface area contributed by atoms with E-state index in [1.54, 1.807) is 30.3 Å². The quantitative estimate of drug-likeness (QED) is 0.357. The van der Waals surface area contributed by atoms with Gasteiger partial charge in [0.2, 0.25) is 0 Å². The smallest absolute Gasteiger partial charge is 0.330 e. The van der Waals surface area contributed by atoms with E-state index >= 15 is 0 Å². The number of hydrogen-bond donors (Lipinski definition) is 0. The second-order valence-electron chi connectivity index (χ2n) is 5.91. The zero-order valence-electron chi connectivity index (χ0n) is 15.0. The van der Waals surface area contributed by atoms with Crippen molar-refractivity contribution < 1.29 is 19.1 Å². The molecule has 0 radical (unpaired) electrons. The molecule has 0 aliphatic rings. The van der Waals surface area contributed by atoms with E-state index in [9.17, 15) is 9.59 Å². The molecule has 0 saturated carbocycles. The van der Waals surface area contributed by atoms with Gasteiger partial charge in [-0.1, -0.05) is 62.4 Å². The maximum atomic E-state index is 12.7. The number of para-hydroxylation sites is 1. The number of benzene rings is 2. The molecule has 136 valence electrons. The molecule has 4 heteroatoms. The summed E-state index contributed by atoms with van der Waals surface area (Å²) in [5.74, 6) is -0.0877. The van der Waals surface area contributed by atoms with Crippen LogP contribution >= 0.6 is 0 Å². The van der Waals surface area contributed by atoms with Crippen molar-refractivity contribution in [3.05, 3.63) is 78.4 Å². The number of esters is 1. The summed E-state index contributed by atoms with van der Waals surface area (Å²) in [5, 5.41) is 0. The highest BCUT2D eigenvalue weighted by atomic mass is 16.6. The Kier molecular flexibility index (Phi) is 7.62. The molecule has 2 rings (SSSR count). The van der Waals surface area contributed by atoms with Gasteiger partial charge in [-0.3, -0.25) is 4.79 Å². The van der Waals surface area contributed by atoms with Crippen LogP contribution < -0.4 is 4.74 Å². The fourth-order valence-electron chi connectivity index (χ4n) is 2.53. The second kappa shape index (κ2) is 10.2. The number of ether oxygens (including phenoxy) is 2. The van der Waals surface area contributed by atoms with E-state index in [0.717, 1.165) is 18.9 Å². The van der Waals surface area contributed by atoms with Crippen LogP contribution in [0.4, 0.5) is 0 Å². The third kappa shape index (κ3) is 5.59. The van der Waals surface area contributed by atoms with Crippen molar-refractivity contribution in [3.63, 3.8) is 0 Å². The minimum Gasteiger partial charge on any atom is -0.489 e. The van der Waals surface area contributed by atoms with Gasteiger partial charge in [0.15, 0.2) is 5.78 Å². The van der Waals surface area contributed by atoms with Crippen molar-refractivity contribution >= 4 is 11.8 Å². The number of rotatable bonds is 10. The number of unbranched alkanes of at least 4 members (excludes halogenated alkanes) is 1. The van der Waals surface area contributed by atoms with Gasteiger partial charge in [-0.05, 0) is 25.0 Å². The first-order chi connectivity index (χ1) is 12.7. The highest BCUT2D eigenvalue weighted by Crippen LogP contribution is 2.22. The fraction of sp³-hybridized carbons (Fsp3) is 0.273. The van der Waals surface area contributed by atoms with Gasteiger partial charge in [0, 0.05) is 11.6 Å². The van der Waals surface area contributed by atoms with Crippen LogP contribution in [0.2, 0.25) is 0 Å². The molecule has 26 heavy (non-hydrogen) atoms. The van der Waals surface area contributed by atoms with Crippen molar-refractivity contribution in [2.24, 2.45) is 0 Å². The zero-order valence-corrected chi connectivity index (χ0v) is 15.0. The maximum absolute atomic E-state index is 12.7. The molecule has 0 saturated heterocycles. The Labute approximate surface area is 154 Å². The molecule has 0 spiro atoms. The Balaban J connectivity index is 2.12. The van der Waals surface area contributed by atoms with Crippen LogP contribution in [0.25, 0.3) is 0 Å². The van der Waals surface area contributed by atoms with Gasteiger partial charge < -0.3 is 9.47 Å². The number of carbonyl (C=O) groups is 2. The maximum Gasteiger partial charge on any atom is 0.330 e. The van der Waals surface area contributed by atoms with Crippen molar-refractivity contribution in [3.8, 4) is 5.75 Å². The van der Waals surface area contributed by atoms with Gasteiger partial charge in [0.25, 0.3) is 0 Å². The van der Waals surface area contributed by atoms with Gasteiger partial charge in [0.1, 0.15) is 18.5 Å². The molecule has 0 N–H and O–H groups in total. The second-order valence-corrected chi connectivity index (χ2v) is 5.91. The van der Waals surface area contributed by atoms with Crippen LogP contribution in [0.1, 0.15) is 42.1 Å². The third-order valence-corrected chi connectivity index (χ3v) is 3.92. The molecule has 0 fully saturated rings. The van der Waals surface area contributed by atoms with Crippen LogP contribution in [-0.2, 0) is 9.53 Å². The molecule has 1 unspecified atom stereocenters. The van der Waals surface area contributed by atoms with Crippen LogP contribution in [0, 0.1) is 0 Å². The summed E-state index contributed by atoms with van der Waals surface area (Å²) >= 11 is 0. The van der Waals surface area contributed by atoms with E-state index in [0.29, 0.717) is 23.3 Å². The van der Waals surface area contributed by atoms with E-state index in [2.05, 4.69) is 13.5 Å². The molecule has 1 atom stereocenters. The van der Waals surface area contributed by atoms with Crippen LogP contribution in [0.3, 0.4) is 0 Å². The Bertz CT molecular complexity index is 737. The summed E-state index contributed by atoms with van der Waals surface area (Å²) in [7, 11) is 0. The summed E-state index contributed by atoms with van der Waals surface area (Å²) in [5.41, 5.74) is 1.09. The predicted molar refractivity (Wildman–Crippen MR) is 101 cm³/mol. The summed E-state index contributed by atoms with van der Waals surface area (Å²) in [6.45, 7) is 5.69. The van der Waals surface area contributed by atoms with E-state index in [1.807, 2.05) is 24.3 Å². The summed E-state index contributed by atoms with van der Waals surface area (Å²) in [6.07, 6.45) is 3.38. The fourth-order valence-corrected chi connectivity index (χ4v) is 2.53. The van der Waals surface area contributed by atoms with Crippen molar-refractivity contribution in [1.29, 1.82) is 0 Å². The first-order valence-corrected chi connectivity index (χ1v) is 8.80. The van der Waals surface area contributed by atoms with Gasteiger partial charge in [-0.15, -0.1) is 0 Å². The molecule has 0 aromatic heterocycles. The summed E-state index contributed by atoms with van der Waals surface area (Å²) < 4.78 is 11.2. The lowest BCUT2D eigenvalue weighted by atomic mass is 10.0. The molecule has 2 aromatic rings. The SMILES string of the molecule is C=CC(=O)OC(CCCC)COc1ccccc1C(=O)c1ccccc1. The normalized spacial score (nSPS) is 11.4. The molecule has 0 bridgehead atoms. The number of ketones is 1. The number of hydrogen-bond acceptors (Lipinski definition) is 4. The zero-order chi connectivity index (χ0) is 18.8. The molecule has 0 aliphatic carbocycles. The van der Waals surface area contributed by atoms with E-state index < -0.39 is 5.97 Å². The van der Waals surface area contributed by atoms with Crippen molar-refractivity contribution in [2.75, 3.05) is 6.61 Å². The van der Waals surface area contributed by atoms with E-state index in [4.69, 9.17) is 9.47 Å². The Morgan fingerprint density at radius 3 is 2.46 bits per heavy atom. The molecule has 0 aliphatic heterocycles. The average Bonchev–Trinajstić information content (AvgIpc) is 2.70. The molecule has 4 nitrogen and oxygen atoms in total. The minimum atomic E-state index is -0.469. The Hall–Kier alpha value is -2.88. The van der Waals surface area contributed by atoms with Crippen LogP contribution in [0.5, 0.6) is 5.75 Å².